The summed E-state index contributed by atoms with van der Waals surface area (Å²) < 4.78 is 0.199. The number of likely N-dealkylation sites (N-methyl/N-ethyl adjacent to an activating group) is 1. The number of hydrogen-bond donors (Lipinski definition) is 1. The van der Waals surface area contributed by atoms with Crippen molar-refractivity contribution < 1.29 is 4.79 Å². The molecule has 1 N–H and O–H groups in total. The van der Waals surface area contributed by atoms with Crippen LogP contribution in [-0.4, -0.2) is 42.3 Å². The Morgan fingerprint density at radius 1 is 1.05 bits per heavy atom. The lowest BCUT2D eigenvalue weighted by atomic mass is 9.40. The molecule has 0 aromatic carbocycles. The Balaban J connectivity index is 0.00000176. The van der Waals surface area contributed by atoms with Gasteiger partial charge >= 0.3 is 0 Å². The minimum atomic E-state index is -0.131. The minimum Gasteiger partial charge on any atom is -0.354 e. The fourth-order valence-corrected chi connectivity index (χ4v) is 8.26. The van der Waals surface area contributed by atoms with Gasteiger partial charge < -0.3 is 10.2 Å². The number of amides is 1. The second-order valence-corrected chi connectivity index (χ2v) is 10.9. The SMILES string of the molecule is CN(C)CCNC(=O)C12CC3(C)CC(C)(CC(Br)(C3)C1)C2.Cl. The Bertz CT molecular complexity index is 414. The largest absolute Gasteiger partial charge is 0.354 e. The lowest BCUT2D eigenvalue weighted by Gasteiger charge is -2.67. The lowest BCUT2D eigenvalue weighted by molar-refractivity contribution is -0.164. The molecule has 0 aliphatic heterocycles. The zero-order valence-corrected chi connectivity index (χ0v) is 16.7. The second-order valence-electron chi connectivity index (χ2n) is 9.17. The van der Waals surface area contributed by atoms with E-state index < -0.39 is 0 Å². The molecule has 4 aliphatic rings. The highest BCUT2D eigenvalue weighted by Gasteiger charge is 2.67. The number of nitrogens with zero attached hydrogens (tertiary/aromatic N) is 1. The molecule has 5 heteroatoms. The highest BCUT2D eigenvalue weighted by Crippen LogP contribution is 2.72. The predicted molar refractivity (Wildman–Crippen MR) is 96.8 cm³/mol. The minimum absolute atomic E-state index is 0. The van der Waals surface area contributed by atoms with Gasteiger partial charge in [0.2, 0.25) is 5.91 Å². The molecule has 0 spiro atoms. The van der Waals surface area contributed by atoms with Crippen molar-refractivity contribution in [3.63, 3.8) is 0 Å². The topological polar surface area (TPSA) is 32.3 Å². The monoisotopic (exact) mass is 392 g/mol. The maximum atomic E-state index is 13.0. The van der Waals surface area contributed by atoms with Crippen LogP contribution in [0, 0.1) is 16.2 Å². The van der Waals surface area contributed by atoms with Crippen LogP contribution in [0.25, 0.3) is 0 Å². The van der Waals surface area contributed by atoms with Gasteiger partial charge in [-0.1, -0.05) is 29.8 Å². The maximum absolute atomic E-state index is 13.0. The second kappa shape index (κ2) is 5.63. The molecule has 0 heterocycles. The van der Waals surface area contributed by atoms with E-state index in [1.165, 1.54) is 19.3 Å². The summed E-state index contributed by atoms with van der Waals surface area (Å²) in [6, 6.07) is 0. The van der Waals surface area contributed by atoms with Crippen molar-refractivity contribution in [2.45, 2.75) is 56.7 Å². The van der Waals surface area contributed by atoms with Gasteiger partial charge in [0, 0.05) is 17.4 Å². The first-order valence-corrected chi connectivity index (χ1v) is 8.99. The van der Waals surface area contributed by atoms with Crippen molar-refractivity contribution >= 4 is 34.2 Å². The summed E-state index contributed by atoms with van der Waals surface area (Å²) in [6.45, 7) is 6.48. The van der Waals surface area contributed by atoms with Crippen molar-refractivity contribution in [3.8, 4) is 0 Å². The van der Waals surface area contributed by atoms with Crippen molar-refractivity contribution in [2.24, 2.45) is 16.2 Å². The molecule has 4 rings (SSSR count). The van der Waals surface area contributed by atoms with Crippen LogP contribution in [0.1, 0.15) is 52.4 Å². The third-order valence-electron chi connectivity index (χ3n) is 5.85. The third kappa shape index (κ3) is 3.21. The molecule has 128 valence electrons. The van der Waals surface area contributed by atoms with Crippen LogP contribution < -0.4 is 5.32 Å². The molecular weight excluding hydrogens is 364 g/mol. The fraction of sp³-hybridized carbons (Fsp3) is 0.941. The number of rotatable bonds is 4. The van der Waals surface area contributed by atoms with E-state index in [2.05, 4.69) is 40.0 Å². The molecule has 22 heavy (non-hydrogen) atoms. The van der Waals surface area contributed by atoms with Gasteiger partial charge in [-0.3, -0.25) is 4.79 Å². The molecule has 4 aliphatic carbocycles. The van der Waals surface area contributed by atoms with E-state index in [-0.39, 0.29) is 22.1 Å². The van der Waals surface area contributed by atoms with E-state index in [0.29, 0.717) is 16.7 Å². The van der Waals surface area contributed by atoms with E-state index in [4.69, 9.17) is 0 Å². The normalized spacial score (nSPS) is 45.7. The molecule has 0 aromatic rings. The van der Waals surface area contributed by atoms with Crippen molar-refractivity contribution in [3.05, 3.63) is 0 Å². The molecule has 2 unspecified atom stereocenters. The number of nitrogens with one attached hydrogen (secondary N) is 1. The summed E-state index contributed by atoms with van der Waals surface area (Å²) in [7, 11) is 4.10. The van der Waals surface area contributed by atoms with Gasteiger partial charge in [0.25, 0.3) is 0 Å². The summed E-state index contributed by atoms with van der Waals surface area (Å²) in [5.41, 5.74) is 0.547. The number of alkyl halides is 1. The molecule has 1 amide bonds. The van der Waals surface area contributed by atoms with E-state index in [9.17, 15) is 4.79 Å². The van der Waals surface area contributed by atoms with E-state index in [1.807, 2.05) is 14.1 Å². The number of halogens is 2. The zero-order chi connectivity index (χ0) is 15.5. The molecule has 0 radical (unpaired) electrons. The number of carbonyl (C=O) groups excluding carboxylic acids is 1. The van der Waals surface area contributed by atoms with Crippen LogP contribution in [0.3, 0.4) is 0 Å². The van der Waals surface area contributed by atoms with Crippen LogP contribution in [0.5, 0.6) is 0 Å². The summed E-state index contributed by atoms with van der Waals surface area (Å²) in [6.07, 6.45) is 6.96. The summed E-state index contributed by atoms with van der Waals surface area (Å²) >= 11 is 4.03. The molecule has 4 fully saturated rings. The lowest BCUT2D eigenvalue weighted by Crippen LogP contribution is -2.64. The Kier molecular flexibility index (Phi) is 4.74. The Morgan fingerprint density at radius 3 is 2.05 bits per heavy atom. The Labute approximate surface area is 149 Å². The zero-order valence-electron chi connectivity index (χ0n) is 14.3. The van der Waals surface area contributed by atoms with Crippen molar-refractivity contribution in [1.82, 2.24) is 10.2 Å². The molecule has 0 saturated heterocycles. The van der Waals surface area contributed by atoms with Gasteiger partial charge in [-0.05, 0) is 63.5 Å². The van der Waals surface area contributed by atoms with Crippen LogP contribution >= 0.6 is 28.3 Å². The molecule has 2 atom stereocenters. The quantitative estimate of drug-likeness (QED) is 0.740. The van der Waals surface area contributed by atoms with E-state index >= 15 is 0 Å². The average molecular weight is 394 g/mol. The smallest absolute Gasteiger partial charge is 0.226 e. The van der Waals surface area contributed by atoms with Gasteiger partial charge in [-0.25, -0.2) is 0 Å². The van der Waals surface area contributed by atoms with Crippen LogP contribution in [0.4, 0.5) is 0 Å². The van der Waals surface area contributed by atoms with Crippen LogP contribution in [0.15, 0.2) is 0 Å². The first-order chi connectivity index (χ1) is 9.58. The fourth-order valence-electron chi connectivity index (χ4n) is 6.37. The number of hydrogen-bond acceptors (Lipinski definition) is 2. The molecule has 4 saturated carbocycles. The van der Waals surface area contributed by atoms with Gasteiger partial charge in [-0.2, -0.15) is 0 Å². The Hall–Kier alpha value is 0.200. The predicted octanol–water partition coefficient (Wildman–Crippen LogP) is 3.60. The highest BCUT2D eigenvalue weighted by atomic mass is 79.9. The summed E-state index contributed by atoms with van der Waals surface area (Å²) in [5.74, 6) is 0.310. The van der Waals surface area contributed by atoms with E-state index in [1.54, 1.807) is 0 Å². The van der Waals surface area contributed by atoms with Gasteiger partial charge in [0.1, 0.15) is 0 Å². The van der Waals surface area contributed by atoms with E-state index in [0.717, 1.165) is 32.4 Å². The molecule has 0 aromatic heterocycles. The molecular formula is C17H30BrClN2O. The standard InChI is InChI=1S/C17H29BrN2O.ClH/c1-14-7-15(2)9-16(8-14,12-17(18,10-14)11-15)13(21)19-5-6-20(3)4;/h5-12H2,1-4H3,(H,19,21);1H. The number of carbonyl (C=O) groups is 1. The van der Waals surface area contributed by atoms with Gasteiger partial charge in [0.05, 0.1) is 5.41 Å². The van der Waals surface area contributed by atoms with Crippen LogP contribution in [0.2, 0.25) is 0 Å². The summed E-state index contributed by atoms with van der Waals surface area (Å²) in [4.78, 5) is 15.1. The summed E-state index contributed by atoms with van der Waals surface area (Å²) in [5, 5.41) is 3.22. The Morgan fingerprint density at radius 2 is 1.59 bits per heavy atom. The van der Waals surface area contributed by atoms with Gasteiger partial charge in [0.15, 0.2) is 0 Å². The first kappa shape index (κ1) is 18.5. The van der Waals surface area contributed by atoms with Crippen LogP contribution in [-0.2, 0) is 4.79 Å². The third-order valence-corrected chi connectivity index (χ3v) is 6.69. The maximum Gasteiger partial charge on any atom is 0.226 e. The average Bonchev–Trinajstić information content (AvgIpc) is 2.21. The van der Waals surface area contributed by atoms with Crippen molar-refractivity contribution in [1.29, 1.82) is 0 Å². The molecule has 3 nitrogen and oxygen atoms in total. The first-order valence-electron chi connectivity index (χ1n) is 8.20. The van der Waals surface area contributed by atoms with Gasteiger partial charge in [-0.15, -0.1) is 12.4 Å². The molecule has 4 bridgehead atoms. The highest BCUT2D eigenvalue weighted by molar-refractivity contribution is 9.10. The van der Waals surface area contributed by atoms with Crippen molar-refractivity contribution in [2.75, 3.05) is 27.2 Å².